The van der Waals surface area contributed by atoms with Crippen LogP contribution in [0.4, 0.5) is 5.69 Å². The summed E-state index contributed by atoms with van der Waals surface area (Å²) >= 11 is 0. The summed E-state index contributed by atoms with van der Waals surface area (Å²) in [7, 11) is 0. The van der Waals surface area contributed by atoms with E-state index in [0.717, 1.165) is 22.3 Å². The van der Waals surface area contributed by atoms with Crippen molar-refractivity contribution in [1.82, 2.24) is 0 Å². The molecule has 0 radical (unpaired) electrons. The molecule has 2 aromatic rings. The largest absolute Gasteiger partial charge is 0.299 e. The van der Waals surface area contributed by atoms with Gasteiger partial charge in [0.1, 0.15) is 5.78 Å². The lowest BCUT2D eigenvalue weighted by Crippen LogP contribution is -2.44. The Hall–Kier alpha value is -2.75. The normalized spacial score (nSPS) is 29.2. The minimum Gasteiger partial charge on any atom is -0.299 e. The Bertz CT molecular complexity index is 993. The van der Waals surface area contributed by atoms with Gasteiger partial charge in [-0.05, 0) is 42.2 Å². The van der Waals surface area contributed by atoms with Gasteiger partial charge in [-0.3, -0.25) is 14.4 Å². The van der Waals surface area contributed by atoms with E-state index in [9.17, 15) is 14.4 Å². The molecule has 4 atom stereocenters. The van der Waals surface area contributed by atoms with Crippen molar-refractivity contribution in [1.29, 1.82) is 0 Å². The van der Waals surface area contributed by atoms with Gasteiger partial charge in [0.15, 0.2) is 0 Å². The second-order valence-electron chi connectivity index (χ2n) is 7.74. The third-order valence-corrected chi connectivity index (χ3v) is 6.29. The van der Waals surface area contributed by atoms with Crippen LogP contribution in [0.15, 0.2) is 42.5 Å². The van der Waals surface area contributed by atoms with Crippen molar-refractivity contribution < 1.29 is 14.4 Å². The van der Waals surface area contributed by atoms with Crippen molar-refractivity contribution in [2.75, 3.05) is 4.90 Å². The summed E-state index contributed by atoms with van der Waals surface area (Å²) in [6, 6.07) is 13.6. The highest BCUT2D eigenvalue weighted by molar-refractivity contribution is 6.25. The van der Waals surface area contributed by atoms with E-state index in [1.807, 2.05) is 56.3 Å². The number of imide groups is 1. The highest BCUT2D eigenvalue weighted by Crippen LogP contribution is 2.57. The molecule has 2 amide bonds. The SMILES string of the molecule is Cc1ccc(C)c(N2C(=O)[C@H]3[C@H](C2=O)[C@H]2CC(=O)[C@@H]3c3ccccc32)c1. The molecule has 1 saturated carbocycles. The molecule has 6 rings (SSSR count). The van der Waals surface area contributed by atoms with Crippen LogP contribution in [0.1, 0.15) is 40.5 Å². The number of nitrogens with zero attached hydrogens (tertiary/aromatic N) is 1. The van der Waals surface area contributed by atoms with E-state index in [4.69, 9.17) is 0 Å². The van der Waals surface area contributed by atoms with Crippen LogP contribution in [0, 0.1) is 25.7 Å². The van der Waals surface area contributed by atoms with E-state index in [1.54, 1.807) is 0 Å². The van der Waals surface area contributed by atoms with E-state index in [-0.39, 0.29) is 23.5 Å². The van der Waals surface area contributed by atoms with Crippen LogP contribution >= 0.6 is 0 Å². The molecule has 1 aliphatic heterocycles. The third kappa shape index (κ3) is 1.82. The molecule has 0 N–H and O–H groups in total. The summed E-state index contributed by atoms with van der Waals surface area (Å²) in [6.45, 7) is 3.86. The minimum atomic E-state index is -0.552. The number of aryl methyl sites for hydroxylation is 2. The van der Waals surface area contributed by atoms with Gasteiger partial charge in [0.05, 0.1) is 23.4 Å². The summed E-state index contributed by atoms with van der Waals surface area (Å²) in [5.41, 5.74) is 4.57. The lowest BCUT2D eigenvalue weighted by atomic mass is 9.56. The van der Waals surface area contributed by atoms with E-state index >= 15 is 0 Å². The summed E-state index contributed by atoms with van der Waals surface area (Å²) in [5.74, 6) is -1.90. The molecule has 26 heavy (non-hydrogen) atoms. The zero-order chi connectivity index (χ0) is 18.2. The summed E-state index contributed by atoms with van der Waals surface area (Å²) in [4.78, 5) is 40.7. The maximum Gasteiger partial charge on any atom is 0.238 e. The second kappa shape index (κ2) is 5.13. The Morgan fingerprint density at radius 1 is 0.885 bits per heavy atom. The van der Waals surface area contributed by atoms with Gasteiger partial charge in [-0.25, -0.2) is 4.90 Å². The molecule has 2 bridgehead atoms. The van der Waals surface area contributed by atoms with Crippen LogP contribution in [0.25, 0.3) is 0 Å². The molecular formula is C22H19NO3. The summed E-state index contributed by atoms with van der Waals surface area (Å²) < 4.78 is 0. The van der Waals surface area contributed by atoms with Crippen molar-refractivity contribution in [3.8, 4) is 0 Å². The van der Waals surface area contributed by atoms with Gasteiger partial charge in [-0.15, -0.1) is 0 Å². The molecule has 0 aromatic heterocycles. The van der Waals surface area contributed by atoms with Crippen LogP contribution in [-0.4, -0.2) is 17.6 Å². The third-order valence-electron chi connectivity index (χ3n) is 6.29. The highest BCUT2D eigenvalue weighted by atomic mass is 16.2. The topological polar surface area (TPSA) is 54.5 Å². The lowest BCUT2D eigenvalue weighted by molar-refractivity contribution is -0.134. The fourth-order valence-electron chi connectivity index (χ4n) is 5.16. The predicted molar refractivity (Wildman–Crippen MR) is 96.9 cm³/mol. The fourth-order valence-corrected chi connectivity index (χ4v) is 5.16. The first-order valence-electron chi connectivity index (χ1n) is 9.05. The van der Waals surface area contributed by atoms with Crippen molar-refractivity contribution in [2.45, 2.75) is 32.1 Å². The Labute approximate surface area is 151 Å². The van der Waals surface area contributed by atoms with E-state index in [1.165, 1.54) is 4.90 Å². The average Bonchev–Trinajstić information content (AvgIpc) is 2.89. The first kappa shape index (κ1) is 15.5. The number of carbonyl (C=O) groups is 3. The molecule has 1 saturated heterocycles. The molecule has 4 aliphatic rings. The standard InChI is InChI=1S/C22H19NO3/c1-11-7-8-12(2)16(9-11)23-21(25)19-15-10-17(24)18(20(19)22(23)26)14-6-4-3-5-13(14)15/h3-9,15,18-20H,10H2,1-2H3/t15-,18-,19+,20+/m0/s1. The Balaban J connectivity index is 1.68. The first-order chi connectivity index (χ1) is 12.5. The predicted octanol–water partition coefficient (Wildman–Crippen LogP) is 3.26. The number of amides is 2. The van der Waals surface area contributed by atoms with Crippen LogP contribution < -0.4 is 4.90 Å². The summed E-state index contributed by atoms with van der Waals surface area (Å²) in [6.07, 6.45) is 0.364. The Kier molecular flexibility index (Phi) is 3.06. The molecular weight excluding hydrogens is 326 g/mol. The zero-order valence-electron chi connectivity index (χ0n) is 14.7. The van der Waals surface area contributed by atoms with E-state index < -0.39 is 17.8 Å². The van der Waals surface area contributed by atoms with Gasteiger partial charge >= 0.3 is 0 Å². The van der Waals surface area contributed by atoms with Crippen LogP contribution in [-0.2, 0) is 14.4 Å². The van der Waals surface area contributed by atoms with E-state index in [2.05, 4.69) is 0 Å². The number of benzene rings is 2. The van der Waals surface area contributed by atoms with Crippen molar-refractivity contribution in [3.63, 3.8) is 0 Å². The minimum absolute atomic E-state index is 0.0962. The maximum atomic E-state index is 13.3. The van der Waals surface area contributed by atoms with Gasteiger partial charge < -0.3 is 0 Å². The molecule has 130 valence electrons. The van der Waals surface area contributed by atoms with Gasteiger partial charge in [-0.2, -0.15) is 0 Å². The Morgan fingerprint density at radius 2 is 1.58 bits per heavy atom. The molecule has 4 nitrogen and oxygen atoms in total. The van der Waals surface area contributed by atoms with Crippen molar-refractivity contribution in [3.05, 3.63) is 64.7 Å². The van der Waals surface area contributed by atoms with Crippen LogP contribution in [0.2, 0.25) is 0 Å². The number of fused-ring (bicyclic) bond motifs is 1. The Morgan fingerprint density at radius 3 is 2.35 bits per heavy atom. The lowest BCUT2D eigenvalue weighted by Gasteiger charge is -2.43. The number of Topliss-reactive ketones (excluding diaryl/α,β-unsaturated/α-hetero) is 1. The molecule has 2 aromatic carbocycles. The number of hydrogen-bond acceptors (Lipinski definition) is 3. The second-order valence-corrected chi connectivity index (χ2v) is 7.74. The first-order valence-corrected chi connectivity index (χ1v) is 9.05. The molecule has 0 spiro atoms. The maximum absolute atomic E-state index is 13.3. The van der Waals surface area contributed by atoms with Gasteiger partial charge in [0, 0.05) is 12.3 Å². The zero-order valence-corrected chi connectivity index (χ0v) is 14.7. The van der Waals surface area contributed by atoms with Crippen molar-refractivity contribution in [2.24, 2.45) is 11.8 Å². The van der Waals surface area contributed by atoms with Crippen molar-refractivity contribution >= 4 is 23.3 Å². The average molecular weight is 345 g/mol. The molecule has 2 fully saturated rings. The van der Waals surface area contributed by atoms with Crippen LogP contribution in [0.3, 0.4) is 0 Å². The number of hydrogen-bond donors (Lipinski definition) is 0. The number of anilines is 1. The van der Waals surface area contributed by atoms with Crippen LogP contribution in [0.5, 0.6) is 0 Å². The highest BCUT2D eigenvalue weighted by Gasteiger charge is 2.62. The van der Waals surface area contributed by atoms with E-state index in [0.29, 0.717) is 12.1 Å². The van der Waals surface area contributed by atoms with Gasteiger partial charge in [0.2, 0.25) is 11.8 Å². The number of ketones is 1. The van der Waals surface area contributed by atoms with Gasteiger partial charge in [-0.1, -0.05) is 36.4 Å². The molecule has 1 heterocycles. The fraction of sp³-hybridized carbons (Fsp3) is 0.318. The monoisotopic (exact) mass is 345 g/mol. The number of rotatable bonds is 1. The quantitative estimate of drug-likeness (QED) is 0.746. The summed E-state index contributed by atoms with van der Waals surface area (Å²) in [5, 5.41) is 0. The molecule has 4 heteroatoms. The molecule has 3 aliphatic carbocycles. The molecule has 0 unspecified atom stereocenters. The van der Waals surface area contributed by atoms with Gasteiger partial charge in [0.25, 0.3) is 0 Å². The number of carbonyl (C=O) groups excluding carboxylic acids is 3. The smallest absolute Gasteiger partial charge is 0.238 e.